The Balaban J connectivity index is 4.27. The quantitative estimate of drug-likeness (QED) is 0.306. The van der Waals surface area contributed by atoms with E-state index in [-0.39, 0.29) is 18.1 Å². The number of hydrogen-bond acceptors (Lipinski definition) is 3. The molecule has 0 saturated carbocycles. The number of alkyl halides is 5. The van der Waals surface area contributed by atoms with Gasteiger partial charge in [-0.1, -0.05) is 20.8 Å². The smallest absolute Gasteiger partial charge is 0.319 e. The van der Waals surface area contributed by atoms with Gasteiger partial charge in [-0.2, -0.15) is 0 Å². The van der Waals surface area contributed by atoms with Crippen molar-refractivity contribution in [3.8, 4) is 0 Å². The largest absolute Gasteiger partial charge is 0.465 e. The van der Waals surface area contributed by atoms with Crippen molar-refractivity contribution < 1.29 is 31.5 Å². The van der Waals surface area contributed by atoms with Gasteiger partial charge in [-0.15, -0.1) is 11.8 Å². The minimum atomic E-state index is -4.05. The van der Waals surface area contributed by atoms with Crippen LogP contribution in [-0.4, -0.2) is 42.1 Å². The van der Waals surface area contributed by atoms with Crippen LogP contribution in [0.5, 0.6) is 0 Å². The zero-order valence-corrected chi connectivity index (χ0v) is 13.8. The van der Waals surface area contributed by atoms with E-state index in [9.17, 15) is 26.7 Å². The van der Waals surface area contributed by atoms with Crippen LogP contribution < -0.4 is 0 Å². The summed E-state index contributed by atoms with van der Waals surface area (Å²) in [6.07, 6.45) is -7.60. The molecule has 0 fully saturated rings. The predicted octanol–water partition coefficient (Wildman–Crippen LogP) is 4.72. The van der Waals surface area contributed by atoms with Crippen molar-refractivity contribution in [2.75, 3.05) is 12.4 Å². The van der Waals surface area contributed by atoms with Crippen LogP contribution in [0.15, 0.2) is 0 Å². The molecule has 0 bridgehead atoms. The first kappa shape index (κ1) is 21.5. The van der Waals surface area contributed by atoms with Gasteiger partial charge < -0.3 is 4.74 Å². The number of hydrogen-bond donors (Lipinski definition) is 0. The van der Waals surface area contributed by atoms with E-state index >= 15 is 0 Å². The number of ether oxygens (including phenoxy) is 1. The Morgan fingerprint density at radius 1 is 1.23 bits per heavy atom. The van der Waals surface area contributed by atoms with Gasteiger partial charge in [0.2, 0.25) is 6.17 Å². The van der Waals surface area contributed by atoms with Crippen LogP contribution in [-0.2, 0) is 9.53 Å². The summed E-state index contributed by atoms with van der Waals surface area (Å²) in [5.74, 6) is -4.37. The third-order valence-corrected chi connectivity index (χ3v) is 4.48. The van der Waals surface area contributed by atoms with Gasteiger partial charge in [0.15, 0.2) is 0 Å². The van der Waals surface area contributed by atoms with Crippen LogP contribution in [0.2, 0.25) is 0 Å². The fraction of sp³-hybridized carbons (Fsp3) is 0.929. The SMILES string of the molecule is CCCOC(=O)C(SCCCC(F)(F)C(F)C(F)F)C(C)C. The van der Waals surface area contributed by atoms with Gasteiger partial charge in [-0.3, -0.25) is 4.79 Å². The normalized spacial score (nSPS) is 15.2. The van der Waals surface area contributed by atoms with Crippen molar-refractivity contribution in [3.05, 3.63) is 0 Å². The molecule has 0 spiro atoms. The molecular weight excluding hydrogens is 327 g/mol. The summed E-state index contributed by atoms with van der Waals surface area (Å²) in [5, 5.41) is -0.503. The molecule has 0 aromatic heterocycles. The van der Waals surface area contributed by atoms with E-state index in [1.807, 2.05) is 6.92 Å². The lowest BCUT2D eigenvalue weighted by molar-refractivity contribution is -0.143. The van der Waals surface area contributed by atoms with Crippen LogP contribution in [0.1, 0.15) is 40.0 Å². The Bertz CT molecular complexity index is 326. The monoisotopic (exact) mass is 350 g/mol. The van der Waals surface area contributed by atoms with E-state index in [1.165, 1.54) is 0 Å². The van der Waals surface area contributed by atoms with Crippen LogP contribution in [0.3, 0.4) is 0 Å². The molecule has 0 saturated heterocycles. The molecule has 0 N–H and O–H groups in total. The molecule has 2 unspecified atom stereocenters. The highest BCUT2D eigenvalue weighted by molar-refractivity contribution is 8.00. The third-order valence-electron chi connectivity index (χ3n) is 2.86. The van der Waals surface area contributed by atoms with Gasteiger partial charge in [-0.25, -0.2) is 22.0 Å². The van der Waals surface area contributed by atoms with Gasteiger partial charge >= 0.3 is 5.97 Å². The average molecular weight is 350 g/mol. The topological polar surface area (TPSA) is 26.3 Å². The standard InChI is InChI=1S/C14H23F5O2S/c1-4-7-21-13(20)10(9(2)3)22-8-5-6-14(18,19)11(15)12(16)17/h9-12H,4-8H2,1-3H3. The Kier molecular flexibility index (Phi) is 10.0. The third kappa shape index (κ3) is 7.65. The molecule has 8 heteroatoms. The van der Waals surface area contributed by atoms with E-state index in [1.54, 1.807) is 13.8 Å². The van der Waals surface area contributed by atoms with Crippen molar-refractivity contribution in [1.29, 1.82) is 0 Å². The lowest BCUT2D eigenvalue weighted by atomic mass is 10.1. The molecule has 0 aliphatic carbocycles. The summed E-state index contributed by atoms with van der Waals surface area (Å²) >= 11 is 1.13. The Labute approximate surface area is 132 Å². The number of esters is 1. The zero-order chi connectivity index (χ0) is 17.3. The maximum atomic E-state index is 13.1. The highest BCUT2D eigenvalue weighted by Crippen LogP contribution is 2.32. The lowest BCUT2D eigenvalue weighted by Gasteiger charge is -2.21. The van der Waals surface area contributed by atoms with Gasteiger partial charge in [0, 0.05) is 6.42 Å². The molecule has 132 valence electrons. The highest BCUT2D eigenvalue weighted by Gasteiger charge is 2.45. The molecule has 0 heterocycles. The Hall–Kier alpha value is -0.530. The predicted molar refractivity (Wildman–Crippen MR) is 77.4 cm³/mol. The average Bonchev–Trinajstić information content (AvgIpc) is 2.43. The minimum Gasteiger partial charge on any atom is -0.465 e. The van der Waals surface area contributed by atoms with Gasteiger partial charge in [0.1, 0.15) is 5.25 Å². The summed E-state index contributed by atoms with van der Waals surface area (Å²) in [4.78, 5) is 11.8. The van der Waals surface area contributed by atoms with Crippen molar-refractivity contribution in [3.63, 3.8) is 0 Å². The van der Waals surface area contributed by atoms with Gasteiger partial charge in [0.25, 0.3) is 12.3 Å². The summed E-state index contributed by atoms with van der Waals surface area (Å²) in [7, 11) is 0. The van der Waals surface area contributed by atoms with Crippen molar-refractivity contribution in [1.82, 2.24) is 0 Å². The maximum absolute atomic E-state index is 13.1. The second-order valence-corrected chi connectivity index (χ2v) is 6.55. The molecule has 0 amide bonds. The van der Waals surface area contributed by atoms with Gasteiger partial charge in [-0.05, 0) is 24.5 Å². The van der Waals surface area contributed by atoms with Crippen LogP contribution in [0, 0.1) is 5.92 Å². The fourth-order valence-corrected chi connectivity index (χ4v) is 2.81. The summed E-state index contributed by atoms with van der Waals surface area (Å²) < 4.78 is 67.9. The molecule has 2 nitrogen and oxygen atoms in total. The van der Waals surface area contributed by atoms with Crippen molar-refractivity contribution in [2.45, 2.75) is 63.8 Å². The molecule has 0 rings (SSSR count). The molecule has 0 radical (unpaired) electrons. The minimum absolute atomic E-state index is 0.0511. The first-order valence-corrected chi connectivity index (χ1v) is 8.26. The van der Waals surface area contributed by atoms with Crippen molar-refractivity contribution in [2.24, 2.45) is 5.92 Å². The second-order valence-electron chi connectivity index (χ2n) is 5.30. The van der Waals surface area contributed by atoms with E-state index in [0.29, 0.717) is 13.0 Å². The second kappa shape index (κ2) is 10.3. The first-order chi connectivity index (χ1) is 10.1. The van der Waals surface area contributed by atoms with Crippen LogP contribution in [0.4, 0.5) is 22.0 Å². The number of thioether (sulfide) groups is 1. The Morgan fingerprint density at radius 2 is 1.82 bits per heavy atom. The number of halogens is 5. The Morgan fingerprint density at radius 3 is 2.27 bits per heavy atom. The van der Waals surface area contributed by atoms with Gasteiger partial charge in [0.05, 0.1) is 6.61 Å². The molecule has 22 heavy (non-hydrogen) atoms. The molecule has 0 aromatic rings. The molecule has 2 atom stereocenters. The zero-order valence-electron chi connectivity index (χ0n) is 13.0. The molecule has 0 aliphatic rings. The maximum Gasteiger partial charge on any atom is 0.319 e. The molecular formula is C14H23F5O2S. The summed E-state index contributed by atoms with van der Waals surface area (Å²) in [5.41, 5.74) is 0. The lowest BCUT2D eigenvalue weighted by Crippen LogP contribution is -2.35. The van der Waals surface area contributed by atoms with E-state index < -0.39 is 36.2 Å². The van der Waals surface area contributed by atoms with Crippen LogP contribution in [0.25, 0.3) is 0 Å². The number of carbonyl (C=O) groups excluding carboxylic acids is 1. The fourth-order valence-electron chi connectivity index (χ4n) is 1.66. The highest BCUT2D eigenvalue weighted by atomic mass is 32.2. The van der Waals surface area contributed by atoms with E-state index in [0.717, 1.165) is 11.8 Å². The van der Waals surface area contributed by atoms with Crippen LogP contribution >= 0.6 is 11.8 Å². The number of rotatable bonds is 11. The van der Waals surface area contributed by atoms with E-state index in [2.05, 4.69) is 0 Å². The number of carbonyl (C=O) groups is 1. The molecule has 0 aliphatic heterocycles. The van der Waals surface area contributed by atoms with Crippen molar-refractivity contribution >= 4 is 17.7 Å². The first-order valence-electron chi connectivity index (χ1n) is 7.21. The van der Waals surface area contributed by atoms with E-state index in [4.69, 9.17) is 4.74 Å². The summed E-state index contributed by atoms with van der Waals surface area (Å²) in [6.45, 7) is 5.74. The summed E-state index contributed by atoms with van der Waals surface area (Å²) in [6, 6.07) is 0. The molecule has 0 aromatic carbocycles.